The fourth-order valence-corrected chi connectivity index (χ4v) is 2.84. The van der Waals surface area contributed by atoms with Gasteiger partial charge in [0, 0.05) is 5.41 Å². The average Bonchev–Trinajstić information content (AvgIpc) is 3.21. The summed E-state index contributed by atoms with van der Waals surface area (Å²) in [6.07, 6.45) is 2.06. The number of benzene rings is 2. The Hall–Kier alpha value is -2.09. The molecule has 2 nitrogen and oxygen atoms in total. The van der Waals surface area contributed by atoms with E-state index in [1.165, 1.54) is 5.56 Å². The number of aromatic carboxylic acids is 1. The first-order valence-corrected chi connectivity index (χ1v) is 6.53. The topological polar surface area (TPSA) is 37.3 Å². The molecule has 1 aliphatic carbocycles. The molecule has 0 atom stereocenters. The van der Waals surface area contributed by atoms with Crippen LogP contribution in [0.3, 0.4) is 0 Å². The van der Waals surface area contributed by atoms with Crippen molar-refractivity contribution >= 4 is 5.97 Å². The van der Waals surface area contributed by atoms with Gasteiger partial charge in [0.1, 0.15) is 0 Å². The molecule has 0 heterocycles. The third-order valence-electron chi connectivity index (χ3n) is 4.00. The quantitative estimate of drug-likeness (QED) is 0.902. The molecule has 0 aromatic heterocycles. The van der Waals surface area contributed by atoms with E-state index in [0.29, 0.717) is 5.56 Å². The van der Waals surface area contributed by atoms with Gasteiger partial charge in [-0.25, -0.2) is 4.79 Å². The van der Waals surface area contributed by atoms with E-state index < -0.39 is 5.97 Å². The van der Waals surface area contributed by atoms with Gasteiger partial charge >= 0.3 is 5.97 Å². The van der Waals surface area contributed by atoms with Gasteiger partial charge in [0.2, 0.25) is 0 Å². The molecule has 2 aromatic carbocycles. The maximum Gasteiger partial charge on any atom is 0.335 e. The molecule has 3 rings (SSSR count). The minimum absolute atomic E-state index is 0.0823. The summed E-state index contributed by atoms with van der Waals surface area (Å²) in [4.78, 5) is 11.4. The van der Waals surface area contributed by atoms with Gasteiger partial charge in [0.25, 0.3) is 0 Å². The Bertz CT molecular complexity index is 625. The summed E-state index contributed by atoms with van der Waals surface area (Å²) in [5.41, 5.74) is 3.66. The highest BCUT2D eigenvalue weighted by molar-refractivity contribution is 5.90. The first-order valence-electron chi connectivity index (χ1n) is 6.53. The van der Waals surface area contributed by atoms with Gasteiger partial charge < -0.3 is 5.11 Å². The van der Waals surface area contributed by atoms with E-state index in [1.54, 1.807) is 6.07 Å². The van der Waals surface area contributed by atoms with Crippen LogP contribution in [0.15, 0.2) is 48.5 Å². The number of aryl methyl sites for hydroxylation is 1. The molecule has 0 amide bonds. The lowest BCUT2D eigenvalue weighted by atomic mass is 9.84. The third-order valence-corrected chi connectivity index (χ3v) is 4.00. The number of hydrogen-bond donors (Lipinski definition) is 1. The number of carboxylic acids is 1. The maximum atomic E-state index is 11.4. The zero-order valence-electron chi connectivity index (χ0n) is 10.9. The highest BCUT2D eigenvalue weighted by atomic mass is 16.4. The largest absolute Gasteiger partial charge is 0.478 e. The Kier molecular flexibility index (Phi) is 2.67. The van der Waals surface area contributed by atoms with Crippen LogP contribution in [0.1, 0.15) is 39.9 Å². The second kappa shape index (κ2) is 4.23. The van der Waals surface area contributed by atoms with Crippen LogP contribution < -0.4 is 0 Å². The van der Waals surface area contributed by atoms with Gasteiger partial charge in [-0.05, 0) is 37.0 Å². The van der Waals surface area contributed by atoms with Crippen molar-refractivity contribution < 1.29 is 9.90 Å². The molecule has 2 aromatic rings. The van der Waals surface area contributed by atoms with Crippen LogP contribution in [0.4, 0.5) is 0 Å². The Labute approximate surface area is 112 Å². The molecule has 1 saturated carbocycles. The fraction of sp³-hybridized carbons (Fsp3) is 0.235. The molecule has 0 aliphatic heterocycles. The fourth-order valence-electron chi connectivity index (χ4n) is 2.84. The average molecular weight is 252 g/mol. The summed E-state index contributed by atoms with van der Waals surface area (Å²) in [6.45, 7) is 2.01. The summed E-state index contributed by atoms with van der Waals surface area (Å²) in [7, 11) is 0. The first kappa shape index (κ1) is 12.0. The molecular weight excluding hydrogens is 236 g/mol. The minimum Gasteiger partial charge on any atom is -0.478 e. The first-order chi connectivity index (χ1) is 9.13. The van der Waals surface area contributed by atoms with Crippen LogP contribution in [-0.2, 0) is 5.41 Å². The highest BCUT2D eigenvalue weighted by Gasteiger charge is 2.47. The molecule has 1 aliphatic rings. The lowest BCUT2D eigenvalue weighted by Gasteiger charge is -2.19. The molecule has 0 radical (unpaired) electrons. The SMILES string of the molecule is Cc1ccc(C(=O)O)c(C2(c3ccccc3)CC2)c1. The van der Waals surface area contributed by atoms with Crippen molar-refractivity contribution in [3.05, 3.63) is 70.8 Å². The molecule has 0 saturated heterocycles. The Morgan fingerprint density at radius 3 is 2.37 bits per heavy atom. The van der Waals surface area contributed by atoms with E-state index in [0.717, 1.165) is 24.0 Å². The minimum atomic E-state index is -0.836. The van der Waals surface area contributed by atoms with Crippen molar-refractivity contribution in [3.8, 4) is 0 Å². The number of hydrogen-bond acceptors (Lipinski definition) is 1. The van der Waals surface area contributed by atoms with Gasteiger partial charge in [0.05, 0.1) is 5.56 Å². The predicted octanol–water partition coefficient (Wildman–Crippen LogP) is 3.77. The van der Waals surface area contributed by atoms with Gasteiger partial charge in [-0.1, -0.05) is 48.0 Å². The van der Waals surface area contributed by atoms with Crippen molar-refractivity contribution in [3.63, 3.8) is 0 Å². The molecule has 1 N–H and O–H groups in total. The second-order valence-corrected chi connectivity index (χ2v) is 5.30. The number of carboxylic acid groups (broad SMARTS) is 1. The van der Waals surface area contributed by atoms with Crippen LogP contribution in [-0.4, -0.2) is 11.1 Å². The lowest BCUT2D eigenvalue weighted by Crippen LogP contribution is -2.14. The highest BCUT2D eigenvalue weighted by Crippen LogP contribution is 2.54. The maximum absolute atomic E-state index is 11.4. The summed E-state index contributed by atoms with van der Waals surface area (Å²) in [5.74, 6) is -0.836. The van der Waals surface area contributed by atoms with Gasteiger partial charge in [0.15, 0.2) is 0 Å². The molecule has 1 fully saturated rings. The molecule has 19 heavy (non-hydrogen) atoms. The van der Waals surface area contributed by atoms with Crippen LogP contribution in [0.5, 0.6) is 0 Å². The summed E-state index contributed by atoms with van der Waals surface area (Å²) in [6, 6.07) is 15.9. The van der Waals surface area contributed by atoms with Crippen molar-refractivity contribution in [2.45, 2.75) is 25.2 Å². The monoisotopic (exact) mass is 252 g/mol. The Morgan fingerprint density at radius 1 is 1.11 bits per heavy atom. The summed E-state index contributed by atoms with van der Waals surface area (Å²) in [5, 5.41) is 9.39. The zero-order chi connectivity index (χ0) is 13.5. The van der Waals surface area contributed by atoms with E-state index in [2.05, 4.69) is 12.1 Å². The summed E-state index contributed by atoms with van der Waals surface area (Å²) < 4.78 is 0. The lowest BCUT2D eigenvalue weighted by molar-refractivity contribution is 0.0695. The predicted molar refractivity (Wildman–Crippen MR) is 74.6 cm³/mol. The van der Waals surface area contributed by atoms with Crippen LogP contribution in [0, 0.1) is 6.92 Å². The van der Waals surface area contributed by atoms with Crippen LogP contribution in [0.2, 0.25) is 0 Å². The van der Waals surface area contributed by atoms with Crippen LogP contribution >= 0.6 is 0 Å². The smallest absolute Gasteiger partial charge is 0.335 e. The van der Waals surface area contributed by atoms with E-state index in [-0.39, 0.29) is 5.41 Å². The van der Waals surface area contributed by atoms with Crippen molar-refractivity contribution in [2.75, 3.05) is 0 Å². The van der Waals surface area contributed by atoms with E-state index in [4.69, 9.17) is 0 Å². The van der Waals surface area contributed by atoms with Gasteiger partial charge in [-0.3, -0.25) is 0 Å². The standard InChI is InChI=1S/C17H16O2/c1-12-7-8-14(16(18)19)15(11-12)17(9-10-17)13-5-3-2-4-6-13/h2-8,11H,9-10H2,1H3,(H,18,19). The normalized spacial score (nSPS) is 16.1. The van der Waals surface area contributed by atoms with E-state index >= 15 is 0 Å². The van der Waals surface area contributed by atoms with Crippen molar-refractivity contribution in [1.29, 1.82) is 0 Å². The Balaban J connectivity index is 2.17. The third kappa shape index (κ3) is 1.93. The molecule has 0 bridgehead atoms. The van der Waals surface area contributed by atoms with Crippen LogP contribution in [0.25, 0.3) is 0 Å². The number of carbonyl (C=O) groups is 1. The van der Waals surface area contributed by atoms with E-state index in [1.807, 2.05) is 37.3 Å². The van der Waals surface area contributed by atoms with Gasteiger partial charge in [-0.15, -0.1) is 0 Å². The second-order valence-electron chi connectivity index (χ2n) is 5.30. The molecular formula is C17H16O2. The molecule has 2 heteroatoms. The van der Waals surface area contributed by atoms with Crippen molar-refractivity contribution in [2.24, 2.45) is 0 Å². The van der Waals surface area contributed by atoms with Crippen molar-refractivity contribution in [1.82, 2.24) is 0 Å². The van der Waals surface area contributed by atoms with E-state index in [9.17, 15) is 9.90 Å². The number of rotatable bonds is 3. The zero-order valence-corrected chi connectivity index (χ0v) is 10.9. The molecule has 96 valence electrons. The summed E-state index contributed by atoms with van der Waals surface area (Å²) >= 11 is 0. The van der Waals surface area contributed by atoms with Gasteiger partial charge in [-0.2, -0.15) is 0 Å². The Morgan fingerprint density at radius 2 is 1.79 bits per heavy atom. The molecule has 0 spiro atoms. The molecule has 0 unspecified atom stereocenters.